The van der Waals surface area contributed by atoms with E-state index in [2.05, 4.69) is 37.5 Å². The van der Waals surface area contributed by atoms with Crippen LogP contribution >= 0.6 is 0 Å². The molecule has 0 unspecified atom stereocenters. The summed E-state index contributed by atoms with van der Waals surface area (Å²) >= 11 is 0. The summed E-state index contributed by atoms with van der Waals surface area (Å²) < 4.78 is 5.13. The summed E-state index contributed by atoms with van der Waals surface area (Å²) in [5.74, 6) is 0. The summed E-state index contributed by atoms with van der Waals surface area (Å²) in [6, 6.07) is 0.646. The van der Waals surface area contributed by atoms with Crippen molar-refractivity contribution in [1.29, 1.82) is 0 Å². The highest BCUT2D eigenvalue weighted by Gasteiger charge is 2.29. The van der Waals surface area contributed by atoms with E-state index in [1.807, 2.05) is 0 Å². The van der Waals surface area contributed by atoms with Gasteiger partial charge in [-0.1, -0.05) is 0 Å². The van der Waals surface area contributed by atoms with E-state index in [0.717, 1.165) is 13.2 Å². The molecule has 1 saturated heterocycles. The molecule has 0 spiro atoms. The van der Waals surface area contributed by atoms with Crippen molar-refractivity contribution in [2.24, 2.45) is 0 Å². The first kappa shape index (κ1) is 12.9. The standard InChI is InChI=1S/C12H26N2O/c1-11-10-14(12(2,3)4)7-6-13(11)8-9-15-5/h11H,6-10H2,1-5H3/t11-/m1/s1. The Balaban J connectivity index is 2.41. The highest BCUT2D eigenvalue weighted by Crippen LogP contribution is 2.18. The zero-order valence-corrected chi connectivity index (χ0v) is 10.9. The largest absolute Gasteiger partial charge is 0.383 e. The number of hydrogen-bond acceptors (Lipinski definition) is 3. The third-order valence-corrected chi connectivity index (χ3v) is 3.30. The van der Waals surface area contributed by atoms with E-state index in [9.17, 15) is 0 Å². The molecule has 0 aromatic rings. The van der Waals surface area contributed by atoms with Crippen molar-refractivity contribution in [3.63, 3.8) is 0 Å². The van der Waals surface area contributed by atoms with Crippen molar-refractivity contribution in [1.82, 2.24) is 9.80 Å². The van der Waals surface area contributed by atoms with Crippen molar-refractivity contribution < 1.29 is 4.74 Å². The van der Waals surface area contributed by atoms with Gasteiger partial charge in [0, 0.05) is 44.9 Å². The zero-order valence-electron chi connectivity index (χ0n) is 10.9. The van der Waals surface area contributed by atoms with Crippen LogP contribution in [0.25, 0.3) is 0 Å². The molecule has 0 radical (unpaired) electrons. The van der Waals surface area contributed by atoms with Gasteiger partial charge in [-0.15, -0.1) is 0 Å². The Bertz CT molecular complexity index is 189. The Kier molecular flexibility index (Phi) is 4.56. The molecule has 90 valence electrons. The molecule has 1 rings (SSSR count). The van der Waals surface area contributed by atoms with Crippen molar-refractivity contribution in [2.75, 3.05) is 39.9 Å². The van der Waals surface area contributed by atoms with E-state index in [4.69, 9.17) is 4.74 Å². The molecule has 1 aliphatic heterocycles. The fourth-order valence-electron chi connectivity index (χ4n) is 2.15. The van der Waals surface area contributed by atoms with Crippen molar-refractivity contribution in [3.8, 4) is 0 Å². The van der Waals surface area contributed by atoms with E-state index >= 15 is 0 Å². The third-order valence-electron chi connectivity index (χ3n) is 3.30. The average molecular weight is 214 g/mol. The van der Waals surface area contributed by atoms with Crippen LogP contribution in [0.5, 0.6) is 0 Å². The van der Waals surface area contributed by atoms with Gasteiger partial charge in [-0.2, -0.15) is 0 Å². The Hall–Kier alpha value is -0.120. The van der Waals surface area contributed by atoms with Crippen LogP contribution in [0.1, 0.15) is 27.7 Å². The van der Waals surface area contributed by atoms with Gasteiger partial charge in [-0.05, 0) is 27.7 Å². The number of methoxy groups -OCH3 is 1. The lowest BCUT2D eigenvalue weighted by molar-refractivity contribution is 0.0171. The van der Waals surface area contributed by atoms with Crippen molar-refractivity contribution >= 4 is 0 Å². The van der Waals surface area contributed by atoms with Crippen molar-refractivity contribution in [2.45, 2.75) is 39.3 Å². The molecule has 1 fully saturated rings. The molecule has 1 aliphatic rings. The van der Waals surface area contributed by atoms with E-state index < -0.39 is 0 Å². The normalized spacial score (nSPS) is 25.8. The number of ether oxygens (including phenoxy) is 1. The van der Waals surface area contributed by atoms with E-state index in [1.165, 1.54) is 19.6 Å². The fourth-order valence-corrected chi connectivity index (χ4v) is 2.15. The highest BCUT2D eigenvalue weighted by molar-refractivity contribution is 4.85. The minimum Gasteiger partial charge on any atom is -0.383 e. The Morgan fingerprint density at radius 1 is 1.27 bits per heavy atom. The van der Waals surface area contributed by atoms with Gasteiger partial charge < -0.3 is 4.74 Å². The lowest BCUT2D eigenvalue weighted by Gasteiger charge is -2.45. The van der Waals surface area contributed by atoms with Gasteiger partial charge in [-0.3, -0.25) is 9.80 Å². The van der Waals surface area contributed by atoms with Gasteiger partial charge in [-0.25, -0.2) is 0 Å². The molecule has 0 aromatic heterocycles. The SMILES string of the molecule is COCCN1CCN(C(C)(C)C)C[C@H]1C. The van der Waals surface area contributed by atoms with Crippen LogP contribution in [0.2, 0.25) is 0 Å². The van der Waals surface area contributed by atoms with Gasteiger partial charge in [0.1, 0.15) is 0 Å². The molecule has 0 amide bonds. The molecule has 0 N–H and O–H groups in total. The maximum absolute atomic E-state index is 5.13. The topological polar surface area (TPSA) is 15.7 Å². The van der Waals surface area contributed by atoms with Crippen LogP contribution in [0.15, 0.2) is 0 Å². The minimum absolute atomic E-state index is 0.307. The Labute approximate surface area is 94.4 Å². The van der Waals surface area contributed by atoms with Crippen LogP contribution < -0.4 is 0 Å². The van der Waals surface area contributed by atoms with Gasteiger partial charge in [0.25, 0.3) is 0 Å². The summed E-state index contributed by atoms with van der Waals surface area (Å²) in [5.41, 5.74) is 0.307. The Morgan fingerprint density at radius 3 is 2.40 bits per heavy atom. The first-order valence-corrected chi connectivity index (χ1v) is 5.93. The van der Waals surface area contributed by atoms with E-state index in [-0.39, 0.29) is 0 Å². The maximum atomic E-state index is 5.13. The monoisotopic (exact) mass is 214 g/mol. The molecule has 0 aliphatic carbocycles. The average Bonchev–Trinajstić information content (AvgIpc) is 2.14. The quantitative estimate of drug-likeness (QED) is 0.707. The van der Waals surface area contributed by atoms with Crippen LogP contribution in [0.4, 0.5) is 0 Å². The predicted octanol–water partition coefficient (Wildman–Crippen LogP) is 1.44. The molecule has 0 bridgehead atoms. The maximum Gasteiger partial charge on any atom is 0.0589 e. The van der Waals surface area contributed by atoms with Crippen LogP contribution in [0, 0.1) is 0 Å². The summed E-state index contributed by atoms with van der Waals surface area (Å²) in [5, 5.41) is 0. The predicted molar refractivity (Wildman–Crippen MR) is 64.2 cm³/mol. The molecule has 1 heterocycles. The van der Waals surface area contributed by atoms with Gasteiger partial charge in [0.2, 0.25) is 0 Å². The van der Waals surface area contributed by atoms with Gasteiger partial charge >= 0.3 is 0 Å². The molecule has 3 nitrogen and oxygen atoms in total. The number of piperazine rings is 1. The van der Waals surface area contributed by atoms with E-state index in [1.54, 1.807) is 7.11 Å². The zero-order chi connectivity index (χ0) is 11.5. The van der Waals surface area contributed by atoms with Crippen LogP contribution in [0.3, 0.4) is 0 Å². The molecular weight excluding hydrogens is 188 g/mol. The van der Waals surface area contributed by atoms with Gasteiger partial charge in [0.15, 0.2) is 0 Å². The van der Waals surface area contributed by atoms with Crippen LogP contribution in [-0.4, -0.2) is 61.3 Å². The van der Waals surface area contributed by atoms with E-state index in [0.29, 0.717) is 11.6 Å². The summed E-state index contributed by atoms with van der Waals surface area (Å²) in [6.07, 6.45) is 0. The molecular formula is C12H26N2O. The third kappa shape index (κ3) is 3.74. The fraction of sp³-hybridized carbons (Fsp3) is 1.00. The summed E-state index contributed by atoms with van der Waals surface area (Å²) in [6.45, 7) is 14.6. The molecule has 0 saturated carbocycles. The van der Waals surface area contributed by atoms with Gasteiger partial charge in [0.05, 0.1) is 6.61 Å². The summed E-state index contributed by atoms with van der Waals surface area (Å²) in [7, 11) is 1.77. The second kappa shape index (κ2) is 5.28. The van der Waals surface area contributed by atoms with Crippen LogP contribution in [-0.2, 0) is 4.74 Å². The molecule has 0 aromatic carbocycles. The summed E-state index contributed by atoms with van der Waals surface area (Å²) in [4.78, 5) is 5.09. The minimum atomic E-state index is 0.307. The second-order valence-corrected chi connectivity index (χ2v) is 5.49. The lowest BCUT2D eigenvalue weighted by Crippen LogP contribution is -2.57. The molecule has 1 atom stereocenters. The lowest BCUT2D eigenvalue weighted by atomic mass is 10.0. The smallest absolute Gasteiger partial charge is 0.0589 e. The second-order valence-electron chi connectivity index (χ2n) is 5.49. The highest BCUT2D eigenvalue weighted by atomic mass is 16.5. The number of nitrogens with zero attached hydrogens (tertiary/aromatic N) is 2. The molecule has 15 heavy (non-hydrogen) atoms. The molecule has 3 heteroatoms. The first-order chi connectivity index (χ1) is 6.95. The number of rotatable bonds is 3. The van der Waals surface area contributed by atoms with Crippen molar-refractivity contribution in [3.05, 3.63) is 0 Å². The Morgan fingerprint density at radius 2 is 1.93 bits per heavy atom. The first-order valence-electron chi connectivity index (χ1n) is 5.93. The number of hydrogen-bond donors (Lipinski definition) is 0.